The van der Waals surface area contributed by atoms with Crippen LogP contribution >= 0.6 is 11.8 Å². The molecule has 0 bridgehead atoms. The van der Waals surface area contributed by atoms with Crippen LogP contribution < -0.4 is 11.5 Å². The number of nitrogen functional groups attached to an aromatic ring is 1. The maximum absolute atomic E-state index is 7.28. The Hall–Kier alpha value is -1.42. The standard InChI is InChI=1S/C12H17N3S/c1-16-8-11(13)7-4-9-2-5-10(6-3-9)12(14)15/h2-3,5-6,8H,4,7,13H2,1H3,(H3,14,15)/b11-8-. The number of thioether (sulfide) groups is 1. The molecule has 0 aliphatic heterocycles. The zero-order valence-corrected chi connectivity index (χ0v) is 10.2. The van der Waals surface area contributed by atoms with Gasteiger partial charge in [-0.3, -0.25) is 5.41 Å². The van der Waals surface area contributed by atoms with E-state index in [0.29, 0.717) is 0 Å². The van der Waals surface area contributed by atoms with Crippen LogP contribution in [0.4, 0.5) is 0 Å². The Morgan fingerprint density at radius 3 is 2.44 bits per heavy atom. The van der Waals surface area contributed by atoms with Gasteiger partial charge in [0.15, 0.2) is 0 Å². The van der Waals surface area contributed by atoms with E-state index >= 15 is 0 Å². The number of amidine groups is 1. The van der Waals surface area contributed by atoms with E-state index in [-0.39, 0.29) is 5.84 Å². The van der Waals surface area contributed by atoms with E-state index in [2.05, 4.69) is 0 Å². The van der Waals surface area contributed by atoms with Crippen molar-refractivity contribution in [1.29, 1.82) is 5.41 Å². The molecule has 0 spiro atoms. The fourth-order valence-electron chi connectivity index (χ4n) is 1.35. The van der Waals surface area contributed by atoms with Gasteiger partial charge in [0, 0.05) is 11.3 Å². The molecule has 1 aromatic carbocycles. The maximum atomic E-state index is 7.28. The minimum absolute atomic E-state index is 0.105. The topological polar surface area (TPSA) is 75.9 Å². The molecule has 0 amide bonds. The van der Waals surface area contributed by atoms with Crippen molar-refractivity contribution in [1.82, 2.24) is 0 Å². The summed E-state index contributed by atoms with van der Waals surface area (Å²) in [6.07, 6.45) is 3.77. The number of nitrogens with two attached hydrogens (primary N) is 2. The average molecular weight is 235 g/mol. The highest BCUT2D eigenvalue weighted by Gasteiger charge is 1.98. The molecule has 0 radical (unpaired) electrons. The van der Waals surface area contributed by atoms with Crippen LogP contribution in [0.2, 0.25) is 0 Å². The van der Waals surface area contributed by atoms with E-state index in [9.17, 15) is 0 Å². The van der Waals surface area contributed by atoms with Crippen molar-refractivity contribution in [2.24, 2.45) is 11.5 Å². The van der Waals surface area contributed by atoms with Crippen LogP contribution in [0.5, 0.6) is 0 Å². The molecule has 0 fully saturated rings. The lowest BCUT2D eigenvalue weighted by atomic mass is 10.1. The number of allylic oxidation sites excluding steroid dienone is 1. The lowest BCUT2D eigenvalue weighted by Crippen LogP contribution is -2.10. The van der Waals surface area contributed by atoms with Crippen LogP contribution in [-0.2, 0) is 6.42 Å². The van der Waals surface area contributed by atoms with Gasteiger partial charge in [0.25, 0.3) is 0 Å². The van der Waals surface area contributed by atoms with Gasteiger partial charge in [-0.15, -0.1) is 11.8 Å². The number of hydrogen-bond acceptors (Lipinski definition) is 3. The third-order valence-electron chi connectivity index (χ3n) is 2.24. The summed E-state index contributed by atoms with van der Waals surface area (Å²) in [6.45, 7) is 0. The third kappa shape index (κ3) is 3.98. The number of aryl methyl sites for hydroxylation is 1. The molecule has 3 nitrogen and oxygen atoms in total. The van der Waals surface area contributed by atoms with E-state index in [4.69, 9.17) is 16.9 Å². The highest BCUT2D eigenvalue weighted by molar-refractivity contribution is 8.01. The largest absolute Gasteiger partial charge is 0.402 e. The molecule has 0 aliphatic rings. The molecule has 4 heteroatoms. The summed E-state index contributed by atoms with van der Waals surface area (Å²) in [4.78, 5) is 0. The summed E-state index contributed by atoms with van der Waals surface area (Å²) in [5.74, 6) is 0.105. The molecule has 1 rings (SSSR count). The van der Waals surface area contributed by atoms with Crippen LogP contribution in [0.3, 0.4) is 0 Å². The highest BCUT2D eigenvalue weighted by atomic mass is 32.2. The molecule has 0 heterocycles. The second-order valence-corrected chi connectivity index (χ2v) is 4.25. The van der Waals surface area contributed by atoms with Crippen LogP contribution in [0, 0.1) is 5.41 Å². The first-order valence-electron chi connectivity index (χ1n) is 5.04. The van der Waals surface area contributed by atoms with Gasteiger partial charge < -0.3 is 11.5 Å². The zero-order valence-electron chi connectivity index (χ0n) is 9.36. The van der Waals surface area contributed by atoms with Crippen molar-refractivity contribution in [3.8, 4) is 0 Å². The summed E-state index contributed by atoms with van der Waals surface area (Å²) in [5, 5.41) is 9.24. The molecule has 16 heavy (non-hydrogen) atoms. The minimum atomic E-state index is 0.105. The molecule has 5 N–H and O–H groups in total. The number of benzene rings is 1. The van der Waals surface area contributed by atoms with Crippen molar-refractivity contribution in [2.75, 3.05) is 6.26 Å². The number of rotatable bonds is 5. The van der Waals surface area contributed by atoms with E-state index in [1.165, 1.54) is 5.56 Å². The lowest BCUT2D eigenvalue weighted by Gasteiger charge is -2.03. The summed E-state index contributed by atoms with van der Waals surface area (Å²) in [6, 6.07) is 7.71. The molecular formula is C12H17N3S. The lowest BCUT2D eigenvalue weighted by molar-refractivity contribution is 0.930. The molecule has 86 valence electrons. The van der Waals surface area contributed by atoms with E-state index < -0.39 is 0 Å². The Labute approximate surface area is 100 Å². The predicted molar refractivity (Wildman–Crippen MR) is 71.6 cm³/mol. The van der Waals surface area contributed by atoms with Gasteiger partial charge >= 0.3 is 0 Å². The molecular weight excluding hydrogens is 218 g/mol. The third-order valence-corrected chi connectivity index (χ3v) is 2.77. The van der Waals surface area contributed by atoms with Gasteiger partial charge in [0.1, 0.15) is 5.84 Å². The van der Waals surface area contributed by atoms with E-state index in [0.717, 1.165) is 24.1 Å². The van der Waals surface area contributed by atoms with Gasteiger partial charge in [-0.05, 0) is 30.1 Å². The second kappa shape index (κ2) is 6.23. The Kier molecular flexibility index (Phi) is 4.92. The van der Waals surface area contributed by atoms with Crippen molar-refractivity contribution in [3.05, 3.63) is 46.5 Å². The highest BCUT2D eigenvalue weighted by Crippen LogP contribution is 2.10. The van der Waals surface area contributed by atoms with Gasteiger partial charge in [0.05, 0.1) is 0 Å². The quantitative estimate of drug-likeness (QED) is 0.540. The first kappa shape index (κ1) is 12.6. The second-order valence-electron chi connectivity index (χ2n) is 3.54. The van der Waals surface area contributed by atoms with Gasteiger partial charge in [-0.25, -0.2) is 0 Å². The smallest absolute Gasteiger partial charge is 0.122 e. The predicted octanol–water partition coefficient (Wildman–Crippen LogP) is 2.07. The molecule has 0 saturated heterocycles. The van der Waals surface area contributed by atoms with Crippen molar-refractivity contribution in [3.63, 3.8) is 0 Å². The monoisotopic (exact) mass is 235 g/mol. The Bertz CT molecular complexity index is 382. The summed E-state index contributed by atoms with van der Waals surface area (Å²) < 4.78 is 0. The minimum Gasteiger partial charge on any atom is -0.402 e. The molecule has 1 aromatic rings. The van der Waals surface area contributed by atoms with Crippen molar-refractivity contribution < 1.29 is 0 Å². The Balaban J connectivity index is 2.56. The van der Waals surface area contributed by atoms with Gasteiger partial charge in [0.2, 0.25) is 0 Å². The first-order valence-corrected chi connectivity index (χ1v) is 6.33. The van der Waals surface area contributed by atoms with Crippen LogP contribution in [0.1, 0.15) is 17.5 Å². The number of hydrogen-bond donors (Lipinski definition) is 3. The van der Waals surface area contributed by atoms with Gasteiger partial charge in [-0.2, -0.15) is 0 Å². The maximum Gasteiger partial charge on any atom is 0.122 e. The van der Waals surface area contributed by atoms with E-state index in [1.807, 2.05) is 35.9 Å². The Morgan fingerprint density at radius 2 is 1.94 bits per heavy atom. The van der Waals surface area contributed by atoms with Gasteiger partial charge in [-0.1, -0.05) is 24.3 Å². The molecule has 0 aromatic heterocycles. The first-order chi connectivity index (χ1) is 7.63. The molecule has 0 unspecified atom stereocenters. The van der Waals surface area contributed by atoms with Crippen LogP contribution in [0.25, 0.3) is 0 Å². The molecule has 0 saturated carbocycles. The SMILES string of the molecule is CS/C=C(\N)CCc1ccc(C(=N)N)cc1. The van der Waals surface area contributed by atoms with Crippen LogP contribution in [0.15, 0.2) is 35.4 Å². The normalized spacial score (nSPS) is 11.4. The summed E-state index contributed by atoms with van der Waals surface area (Å²) in [5.41, 5.74) is 14.1. The molecule has 0 aliphatic carbocycles. The fraction of sp³-hybridized carbons (Fsp3) is 0.250. The molecule has 0 atom stereocenters. The van der Waals surface area contributed by atoms with E-state index in [1.54, 1.807) is 11.8 Å². The number of nitrogens with one attached hydrogen (secondary N) is 1. The van der Waals surface area contributed by atoms with Crippen molar-refractivity contribution in [2.45, 2.75) is 12.8 Å². The Morgan fingerprint density at radius 1 is 1.31 bits per heavy atom. The average Bonchev–Trinajstić information content (AvgIpc) is 2.27. The zero-order chi connectivity index (χ0) is 12.0. The van der Waals surface area contributed by atoms with Crippen molar-refractivity contribution >= 4 is 17.6 Å². The van der Waals surface area contributed by atoms with Crippen LogP contribution in [-0.4, -0.2) is 12.1 Å². The summed E-state index contributed by atoms with van der Waals surface area (Å²) >= 11 is 1.62. The summed E-state index contributed by atoms with van der Waals surface area (Å²) in [7, 11) is 0. The fourth-order valence-corrected chi connectivity index (χ4v) is 1.77.